The van der Waals surface area contributed by atoms with Gasteiger partial charge in [-0.15, -0.1) is 11.3 Å². The molecule has 0 fully saturated rings. The van der Waals surface area contributed by atoms with E-state index >= 15 is 0 Å². The summed E-state index contributed by atoms with van der Waals surface area (Å²) in [6.45, 7) is 6.71. The van der Waals surface area contributed by atoms with Crippen LogP contribution in [0.3, 0.4) is 0 Å². The van der Waals surface area contributed by atoms with Gasteiger partial charge >= 0.3 is 5.97 Å². The highest BCUT2D eigenvalue weighted by atomic mass is 32.2. The van der Waals surface area contributed by atoms with Crippen LogP contribution in [0.25, 0.3) is 0 Å². The first kappa shape index (κ1) is 22.3. The Balaban J connectivity index is 2.14. The van der Waals surface area contributed by atoms with Crippen molar-refractivity contribution >= 4 is 29.1 Å². The summed E-state index contributed by atoms with van der Waals surface area (Å²) < 4.78 is 75.8. The molecule has 160 valence electrons. The number of aromatic nitrogens is 2. The summed E-state index contributed by atoms with van der Waals surface area (Å²) in [6.07, 6.45) is 0. The third-order valence-electron chi connectivity index (χ3n) is 3.89. The van der Waals surface area contributed by atoms with Crippen molar-refractivity contribution in [1.29, 1.82) is 0 Å². The van der Waals surface area contributed by atoms with Crippen LogP contribution in [0.15, 0.2) is 27.3 Å². The predicted octanol–water partition coefficient (Wildman–Crippen LogP) is 6.07. The standard InChI is InChI=1S/C19H15F5N2O2S2/c1-8-15(30-16-13(23)11(21)10(20)12(22)14(16)24)17(26(25-8)19(2,3)4)28-18(27)9-6-5-7-29-9/h5-7H,1-4H3. The second-order valence-electron chi connectivity index (χ2n) is 7.17. The smallest absolute Gasteiger partial charge is 0.355 e. The van der Waals surface area contributed by atoms with E-state index in [0.717, 1.165) is 11.3 Å². The number of esters is 1. The summed E-state index contributed by atoms with van der Waals surface area (Å²) in [5, 5.41) is 5.91. The Morgan fingerprint density at radius 3 is 2.10 bits per heavy atom. The average Bonchev–Trinajstić information content (AvgIpc) is 3.31. The first-order valence-corrected chi connectivity index (χ1v) is 10.2. The maximum Gasteiger partial charge on any atom is 0.355 e. The third-order valence-corrected chi connectivity index (χ3v) is 5.97. The maximum absolute atomic E-state index is 14.2. The Bertz CT molecular complexity index is 1090. The third kappa shape index (κ3) is 3.95. The lowest BCUT2D eigenvalue weighted by Crippen LogP contribution is -2.25. The van der Waals surface area contributed by atoms with Crippen LogP contribution in [-0.4, -0.2) is 15.7 Å². The Morgan fingerprint density at radius 1 is 1.03 bits per heavy atom. The number of aryl methyl sites for hydroxylation is 1. The highest BCUT2D eigenvalue weighted by molar-refractivity contribution is 7.99. The molecule has 1 aromatic carbocycles. The van der Waals surface area contributed by atoms with E-state index in [0.29, 0.717) is 0 Å². The number of rotatable bonds is 4. The van der Waals surface area contributed by atoms with E-state index in [1.54, 1.807) is 32.2 Å². The highest BCUT2D eigenvalue weighted by Gasteiger charge is 2.32. The van der Waals surface area contributed by atoms with Crippen molar-refractivity contribution < 1.29 is 31.5 Å². The van der Waals surface area contributed by atoms with Crippen molar-refractivity contribution in [3.8, 4) is 5.88 Å². The highest BCUT2D eigenvalue weighted by Crippen LogP contribution is 2.43. The first-order valence-electron chi connectivity index (χ1n) is 8.48. The van der Waals surface area contributed by atoms with Crippen LogP contribution in [0.5, 0.6) is 5.88 Å². The number of hydrogen-bond donors (Lipinski definition) is 0. The summed E-state index contributed by atoms with van der Waals surface area (Å²) >= 11 is 1.37. The fraction of sp³-hybridized carbons (Fsp3) is 0.263. The fourth-order valence-electron chi connectivity index (χ4n) is 2.46. The number of carbonyl (C=O) groups excluding carboxylic acids is 1. The van der Waals surface area contributed by atoms with Gasteiger partial charge in [0, 0.05) is 0 Å². The van der Waals surface area contributed by atoms with Crippen LogP contribution < -0.4 is 4.74 Å². The molecule has 0 aliphatic heterocycles. The topological polar surface area (TPSA) is 44.1 Å². The molecule has 0 saturated carbocycles. The lowest BCUT2D eigenvalue weighted by molar-refractivity contribution is 0.0709. The average molecular weight is 462 g/mol. The molecule has 2 heterocycles. The van der Waals surface area contributed by atoms with Crippen LogP contribution in [0.4, 0.5) is 22.0 Å². The van der Waals surface area contributed by atoms with Crippen molar-refractivity contribution in [1.82, 2.24) is 9.78 Å². The molecule has 0 aliphatic rings. The van der Waals surface area contributed by atoms with Gasteiger partial charge < -0.3 is 4.74 Å². The molecule has 0 unspecified atom stereocenters. The normalized spacial score (nSPS) is 11.8. The predicted molar refractivity (Wildman–Crippen MR) is 102 cm³/mol. The lowest BCUT2D eigenvalue weighted by Gasteiger charge is -2.22. The molecule has 2 aromatic heterocycles. The molecular formula is C19H15F5N2O2S2. The molecule has 0 bridgehead atoms. The Hall–Kier alpha value is -2.40. The number of thiophene rings is 1. The lowest BCUT2D eigenvalue weighted by atomic mass is 10.1. The second-order valence-corrected chi connectivity index (χ2v) is 9.14. The van der Waals surface area contributed by atoms with Crippen molar-refractivity contribution in [3.63, 3.8) is 0 Å². The van der Waals surface area contributed by atoms with Gasteiger partial charge in [0.15, 0.2) is 23.3 Å². The molecule has 0 aliphatic carbocycles. The minimum atomic E-state index is -2.25. The molecule has 4 nitrogen and oxygen atoms in total. The quantitative estimate of drug-likeness (QED) is 0.204. The monoisotopic (exact) mass is 462 g/mol. The number of hydrogen-bond acceptors (Lipinski definition) is 5. The molecule has 11 heteroatoms. The second kappa shape index (κ2) is 8.03. The van der Waals surface area contributed by atoms with Gasteiger partial charge in [0.05, 0.1) is 21.0 Å². The van der Waals surface area contributed by atoms with Gasteiger partial charge in [0.2, 0.25) is 11.7 Å². The number of ether oxygens (including phenoxy) is 1. The van der Waals surface area contributed by atoms with Crippen molar-refractivity contribution in [2.75, 3.05) is 0 Å². The van der Waals surface area contributed by atoms with Crippen molar-refractivity contribution in [3.05, 3.63) is 57.2 Å². The van der Waals surface area contributed by atoms with Gasteiger partial charge in [-0.3, -0.25) is 0 Å². The van der Waals surface area contributed by atoms with Gasteiger partial charge in [0.25, 0.3) is 0 Å². The van der Waals surface area contributed by atoms with Gasteiger partial charge in [-0.2, -0.15) is 5.10 Å². The zero-order valence-corrected chi connectivity index (χ0v) is 17.8. The van der Waals surface area contributed by atoms with E-state index in [-0.39, 0.29) is 33.1 Å². The van der Waals surface area contributed by atoms with Gasteiger partial charge in [0.1, 0.15) is 4.88 Å². The Kier molecular flexibility index (Phi) is 5.96. The molecule has 3 aromatic rings. The Morgan fingerprint density at radius 2 is 1.60 bits per heavy atom. The molecular weight excluding hydrogens is 447 g/mol. The largest absolute Gasteiger partial charge is 0.402 e. The molecule has 3 rings (SSSR count). The number of halogens is 5. The number of carbonyl (C=O) groups is 1. The summed E-state index contributed by atoms with van der Waals surface area (Å²) in [6, 6.07) is 3.16. The van der Waals surface area contributed by atoms with Crippen molar-refractivity contribution in [2.24, 2.45) is 0 Å². The van der Waals surface area contributed by atoms with Gasteiger partial charge in [-0.25, -0.2) is 31.4 Å². The zero-order chi connectivity index (χ0) is 22.4. The van der Waals surface area contributed by atoms with E-state index in [4.69, 9.17) is 4.74 Å². The molecule has 0 atom stereocenters. The van der Waals surface area contributed by atoms with Gasteiger partial charge in [-0.05, 0) is 39.1 Å². The maximum atomic E-state index is 14.2. The molecule has 0 spiro atoms. The first-order chi connectivity index (χ1) is 13.9. The number of nitrogens with zero attached hydrogens (tertiary/aromatic N) is 2. The van der Waals surface area contributed by atoms with Gasteiger partial charge in [-0.1, -0.05) is 17.8 Å². The molecule has 0 radical (unpaired) electrons. The van der Waals surface area contributed by atoms with E-state index in [1.165, 1.54) is 17.7 Å². The molecule has 30 heavy (non-hydrogen) atoms. The van der Waals surface area contributed by atoms with Crippen molar-refractivity contribution in [2.45, 2.75) is 43.0 Å². The fourth-order valence-corrected chi connectivity index (χ4v) is 4.03. The van der Waals surface area contributed by atoms with Crippen LogP contribution in [0.2, 0.25) is 0 Å². The van der Waals surface area contributed by atoms with E-state index in [1.807, 2.05) is 0 Å². The minimum absolute atomic E-state index is 0.0435. The van der Waals surface area contributed by atoms with Crippen LogP contribution in [0.1, 0.15) is 36.1 Å². The van der Waals surface area contributed by atoms with Crippen LogP contribution >= 0.6 is 23.1 Å². The minimum Gasteiger partial charge on any atom is -0.402 e. The summed E-state index contributed by atoms with van der Waals surface area (Å²) in [4.78, 5) is 11.6. The number of benzene rings is 1. The summed E-state index contributed by atoms with van der Waals surface area (Å²) in [7, 11) is 0. The summed E-state index contributed by atoms with van der Waals surface area (Å²) in [5.74, 6) is -11.2. The van der Waals surface area contributed by atoms with Crippen LogP contribution in [0, 0.1) is 36.0 Å². The molecule has 0 N–H and O–H groups in total. The van der Waals surface area contributed by atoms with E-state index in [9.17, 15) is 26.7 Å². The summed E-state index contributed by atoms with van der Waals surface area (Å²) in [5.41, 5.74) is -0.529. The Labute approximate surface area is 176 Å². The molecule has 0 saturated heterocycles. The van der Waals surface area contributed by atoms with Crippen LogP contribution in [-0.2, 0) is 5.54 Å². The molecule has 0 amide bonds. The zero-order valence-electron chi connectivity index (χ0n) is 16.1. The van der Waals surface area contributed by atoms with E-state index < -0.39 is 45.5 Å². The SMILES string of the molecule is Cc1nn(C(C)(C)C)c(OC(=O)c2cccs2)c1Sc1c(F)c(F)c(F)c(F)c1F. The van der Waals surface area contributed by atoms with E-state index in [2.05, 4.69) is 5.10 Å².